The van der Waals surface area contributed by atoms with E-state index in [-0.39, 0.29) is 5.91 Å². The molecule has 0 radical (unpaired) electrons. The Morgan fingerprint density at radius 2 is 1.77 bits per heavy atom. The molecule has 3 aromatic rings. The van der Waals surface area contributed by atoms with Gasteiger partial charge >= 0.3 is 0 Å². The molecule has 0 aliphatic rings. The van der Waals surface area contributed by atoms with Gasteiger partial charge in [-0.25, -0.2) is 4.98 Å². The number of hydrogen-bond donors (Lipinski definition) is 2. The molecule has 132 valence electrons. The predicted octanol–water partition coefficient (Wildman–Crippen LogP) is 3.87. The lowest BCUT2D eigenvalue weighted by molar-refractivity contribution is -0.116. The van der Waals surface area contributed by atoms with E-state index in [1.807, 2.05) is 47.8 Å². The lowest BCUT2D eigenvalue weighted by Gasteiger charge is -2.06. The van der Waals surface area contributed by atoms with Crippen molar-refractivity contribution in [2.24, 2.45) is 5.73 Å². The fourth-order valence-electron chi connectivity index (χ4n) is 2.67. The molecular weight excluding hydrogens is 346 g/mol. The Hall–Kier alpha value is -2.99. The second-order valence-corrected chi connectivity index (χ2v) is 6.69. The number of aromatic nitrogens is 1. The lowest BCUT2D eigenvalue weighted by atomic mass is 10.0. The fourth-order valence-corrected chi connectivity index (χ4v) is 3.41. The summed E-state index contributed by atoms with van der Waals surface area (Å²) in [5.41, 5.74) is 8.63. The maximum absolute atomic E-state index is 12.1. The summed E-state index contributed by atoms with van der Waals surface area (Å²) in [6.07, 6.45) is 1.61. The maximum Gasteiger partial charge on any atom is 0.248 e. The van der Waals surface area contributed by atoms with Crippen LogP contribution in [0.4, 0.5) is 5.13 Å². The number of aryl methyl sites for hydroxylation is 1. The summed E-state index contributed by atoms with van der Waals surface area (Å²) < 4.78 is 0. The van der Waals surface area contributed by atoms with Gasteiger partial charge in [-0.1, -0.05) is 48.5 Å². The van der Waals surface area contributed by atoms with E-state index in [4.69, 9.17) is 5.73 Å². The topological polar surface area (TPSA) is 85.1 Å². The highest BCUT2D eigenvalue weighted by molar-refractivity contribution is 7.14. The van der Waals surface area contributed by atoms with Crippen molar-refractivity contribution in [3.05, 3.63) is 71.1 Å². The van der Waals surface area contributed by atoms with Gasteiger partial charge < -0.3 is 11.1 Å². The number of primary amides is 1. The summed E-state index contributed by atoms with van der Waals surface area (Å²) >= 11 is 1.40. The molecule has 0 fully saturated rings. The van der Waals surface area contributed by atoms with Crippen LogP contribution in [0, 0.1) is 0 Å². The molecule has 0 bridgehead atoms. The van der Waals surface area contributed by atoms with Crippen molar-refractivity contribution in [1.82, 2.24) is 4.98 Å². The van der Waals surface area contributed by atoms with Crippen LogP contribution < -0.4 is 11.1 Å². The van der Waals surface area contributed by atoms with Crippen molar-refractivity contribution >= 4 is 28.3 Å². The number of carbonyl (C=O) groups is 2. The van der Waals surface area contributed by atoms with Crippen LogP contribution in [0.25, 0.3) is 11.3 Å². The number of nitrogens with zero attached hydrogens (tertiary/aromatic N) is 1. The number of amides is 2. The number of nitrogens with two attached hydrogens (primary N) is 1. The Labute approximate surface area is 155 Å². The van der Waals surface area contributed by atoms with Gasteiger partial charge in [-0.2, -0.15) is 0 Å². The second kappa shape index (κ2) is 8.40. The Balaban J connectivity index is 1.52. The molecule has 1 aromatic heterocycles. The minimum atomic E-state index is -0.443. The molecular formula is C20H19N3O2S. The largest absolute Gasteiger partial charge is 0.366 e. The van der Waals surface area contributed by atoms with Crippen molar-refractivity contribution in [3.63, 3.8) is 0 Å². The van der Waals surface area contributed by atoms with Gasteiger partial charge in [0, 0.05) is 22.9 Å². The number of hydrogen-bond acceptors (Lipinski definition) is 4. The maximum atomic E-state index is 12.1. The van der Waals surface area contributed by atoms with Crippen LogP contribution >= 0.6 is 11.3 Å². The molecule has 5 nitrogen and oxygen atoms in total. The van der Waals surface area contributed by atoms with E-state index in [0.29, 0.717) is 30.0 Å². The zero-order chi connectivity index (χ0) is 18.4. The predicted molar refractivity (Wildman–Crippen MR) is 104 cm³/mol. The molecule has 0 saturated heterocycles. The average molecular weight is 365 g/mol. The first-order valence-corrected chi connectivity index (χ1v) is 9.20. The van der Waals surface area contributed by atoms with E-state index in [0.717, 1.165) is 16.8 Å². The van der Waals surface area contributed by atoms with E-state index in [9.17, 15) is 9.59 Å². The van der Waals surface area contributed by atoms with E-state index in [1.54, 1.807) is 12.1 Å². The average Bonchev–Trinajstić information content (AvgIpc) is 3.11. The molecule has 3 rings (SSSR count). The second-order valence-electron chi connectivity index (χ2n) is 5.83. The Bertz CT molecular complexity index is 906. The first-order valence-electron chi connectivity index (χ1n) is 8.32. The highest BCUT2D eigenvalue weighted by Crippen LogP contribution is 2.24. The molecule has 0 aliphatic carbocycles. The minimum absolute atomic E-state index is 0.0875. The molecule has 2 aromatic carbocycles. The monoisotopic (exact) mass is 365 g/mol. The van der Waals surface area contributed by atoms with Gasteiger partial charge in [-0.3, -0.25) is 9.59 Å². The normalized spacial score (nSPS) is 10.5. The summed E-state index contributed by atoms with van der Waals surface area (Å²) in [5.74, 6) is -0.531. The van der Waals surface area contributed by atoms with Crippen molar-refractivity contribution in [1.29, 1.82) is 0 Å². The summed E-state index contributed by atoms with van der Waals surface area (Å²) in [6, 6.07) is 17.0. The van der Waals surface area contributed by atoms with E-state index in [1.165, 1.54) is 11.3 Å². The van der Waals surface area contributed by atoms with Crippen LogP contribution in [0.1, 0.15) is 28.8 Å². The number of nitrogens with one attached hydrogen (secondary N) is 1. The third-order valence-electron chi connectivity index (χ3n) is 3.95. The molecule has 0 atom stereocenters. The van der Waals surface area contributed by atoms with E-state index in [2.05, 4.69) is 10.3 Å². The molecule has 6 heteroatoms. The van der Waals surface area contributed by atoms with Crippen LogP contribution in [0.3, 0.4) is 0 Å². The molecule has 3 N–H and O–H groups in total. The SMILES string of the molecule is NC(=O)c1ccccc1CCCC(=O)Nc1nc(-c2ccccc2)cs1. The standard InChI is InChI=1S/C20H19N3O2S/c21-19(25)16-11-5-4-7-14(16)10-6-12-18(24)23-20-22-17(13-26-20)15-8-2-1-3-9-15/h1-5,7-9,11,13H,6,10,12H2,(H2,21,25)(H,22,23,24). The first-order chi connectivity index (χ1) is 12.6. The zero-order valence-electron chi connectivity index (χ0n) is 14.1. The van der Waals surface area contributed by atoms with Crippen LogP contribution in [-0.4, -0.2) is 16.8 Å². The molecule has 0 saturated carbocycles. The Kier molecular flexibility index (Phi) is 5.76. The van der Waals surface area contributed by atoms with Crippen molar-refractivity contribution < 1.29 is 9.59 Å². The van der Waals surface area contributed by atoms with Crippen LogP contribution in [-0.2, 0) is 11.2 Å². The van der Waals surface area contributed by atoms with Crippen molar-refractivity contribution in [2.45, 2.75) is 19.3 Å². The molecule has 0 spiro atoms. The van der Waals surface area contributed by atoms with E-state index >= 15 is 0 Å². The fraction of sp³-hybridized carbons (Fsp3) is 0.150. The molecule has 2 amide bonds. The number of benzene rings is 2. The number of thiazole rings is 1. The van der Waals surface area contributed by atoms with Gasteiger partial charge in [-0.05, 0) is 24.5 Å². The van der Waals surface area contributed by atoms with Gasteiger partial charge in [0.25, 0.3) is 0 Å². The Morgan fingerprint density at radius 1 is 1.04 bits per heavy atom. The lowest BCUT2D eigenvalue weighted by Crippen LogP contribution is -2.14. The molecule has 0 unspecified atom stereocenters. The molecule has 1 heterocycles. The minimum Gasteiger partial charge on any atom is -0.366 e. The molecule has 26 heavy (non-hydrogen) atoms. The first kappa shape index (κ1) is 17.8. The summed E-state index contributed by atoms with van der Waals surface area (Å²) in [6.45, 7) is 0. The number of anilines is 1. The van der Waals surface area contributed by atoms with Crippen molar-refractivity contribution in [2.75, 3.05) is 5.32 Å². The zero-order valence-corrected chi connectivity index (χ0v) is 15.0. The van der Waals surface area contributed by atoms with Crippen molar-refractivity contribution in [3.8, 4) is 11.3 Å². The van der Waals surface area contributed by atoms with E-state index < -0.39 is 5.91 Å². The van der Waals surface area contributed by atoms with Crippen LogP contribution in [0.5, 0.6) is 0 Å². The third-order valence-corrected chi connectivity index (χ3v) is 4.71. The number of carbonyl (C=O) groups excluding carboxylic acids is 2. The van der Waals surface area contributed by atoms with Gasteiger partial charge in [0.1, 0.15) is 0 Å². The highest BCUT2D eigenvalue weighted by Gasteiger charge is 2.10. The smallest absolute Gasteiger partial charge is 0.248 e. The summed E-state index contributed by atoms with van der Waals surface area (Å²) in [5, 5.41) is 5.35. The molecule has 0 aliphatic heterocycles. The Morgan fingerprint density at radius 3 is 2.54 bits per heavy atom. The van der Waals surface area contributed by atoms with Gasteiger partial charge in [0.05, 0.1) is 5.69 Å². The summed E-state index contributed by atoms with van der Waals surface area (Å²) in [4.78, 5) is 28.0. The summed E-state index contributed by atoms with van der Waals surface area (Å²) in [7, 11) is 0. The van der Waals surface area contributed by atoms with Gasteiger partial charge in [0.15, 0.2) is 5.13 Å². The van der Waals surface area contributed by atoms with Crippen LogP contribution in [0.2, 0.25) is 0 Å². The van der Waals surface area contributed by atoms with Gasteiger partial charge in [0.2, 0.25) is 11.8 Å². The van der Waals surface area contributed by atoms with Crippen LogP contribution in [0.15, 0.2) is 60.0 Å². The third kappa shape index (κ3) is 4.55. The van der Waals surface area contributed by atoms with Gasteiger partial charge in [-0.15, -0.1) is 11.3 Å². The number of rotatable bonds is 7. The quantitative estimate of drug-likeness (QED) is 0.666. The highest BCUT2D eigenvalue weighted by atomic mass is 32.1.